The molecule has 1 aliphatic rings. The van der Waals surface area contributed by atoms with Crippen molar-refractivity contribution in [2.45, 2.75) is 39.2 Å². The molecule has 0 spiro atoms. The maximum absolute atomic E-state index is 4.88. The highest BCUT2D eigenvalue weighted by molar-refractivity contribution is 5.94. The summed E-state index contributed by atoms with van der Waals surface area (Å²) in [5.41, 5.74) is 7.62. The molecule has 24 heavy (non-hydrogen) atoms. The molecule has 0 aliphatic heterocycles. The number of hydrogen-bond acceptors (Lipinski definition) is 3. The van der Waals surface area contributed by atoms with Crippen molar-refractivity contribution < 1.29 is 0 Å². The lowest BCUT2D eigenvalue weighted by molar-refractivity contribution is 0.294. The van der Waals surface area contributed by atoms with Gasteiger partial charge in [-0.05, 0) is 62.9 Å². The van der Waals surface area contributed by atoms with Crippen LogP contribution in [0.3, 0.4) is 0 Å². The fraction of sp³-hybridized carbons (Fsp3) is 0.316. The minimum atomic E-state index is 0.495. The monoisotopic (exact) mass is 317 g/mol. The van der Waals surface area contributed by atoms with E-state index in [9.17, 15) is 0 Å². The highest BCUT2D eigenvalue weighted by atomic mass is 15.3. The molecule has 3 aromatic heterocycles. The largest absolute Gasteiger partial charge is 0.278 e. The van der Waals surface area contributed by atoms with E-state index < -0.39 is 0 Å². The number of pyridine rings is 1. The average Bonchev–Trinajstić information content (AvgIpc) is 3.09. The number of nitrogens with zero attached hydrogens (tertiary/aromatic N) is 4. The van der Waals surface area contributed by atoms with Gasteiger partial charge < -0.3 is 0 Å². The van der Waals surface area contributed by atoms with Crippen molar-refractivity contribution in [3.63, 3.8) is 0 Å². The molecule has 1 aliphatic carbocycles. The Hall–Kier alpha value is -2.69. The Balaban J connectivity index is 1.83. The highest BCUT2D eigenvalue weighted by Gasteiger charge is 2.26. The van der Waals surface area contributed by atoms with Gasteiger partial charge in [0.15, 0.2) is 0 Å². The van der Waals surface area contributed by atoms with Crippen molar-refractivity contribution in [2.24, 2.45) is 0 Å². The predicted octanol–water partition coefficient (Wildman–Crippen LogP) is 4.32. The Morgan fingerprint density at radius 2 is 2.04 bits per heavy atom. The molecule has 5 rings (SSSR count). The zero-order valence-corrected chi connectivity index (χ0v) is 13.9. The van der Waals surface area contributed by atoms with Gasteiger partial charge in [0.05, 0.1) is 23.4 Å². The number of aryl methyl sites for hydroxylation is 2. The molecule has 0 bridgehead atoms. The zero-order valence-electron chi connectivity index (χ0n) is 13.9. The molecule has 0 atom stereocenters. The molecule has 1 aromatic carbocycles. The summed E-state index contributed by atoms with van der Waals surface area (Å²) >= 11 is 0. The molecule has 120 valence electrons. The lowest BCUT2D eigenvalue weighted by Gasteiger charge is -2.27. The first-order chi connectivity index (χ1) is 11.7. The number of nitrogens with one attached hydrogen (secondary N) is 1. The number of aromatic nitrogens is 5. The van der Waals surface area contributed by atoms with Gasteiger partial charge >= 0.3 is 0 Å². The fourth-order valence-electron chi connectivity index (χ4n) is 3.62. The molecule has 0 saturated heterocycles. The third kappa shape index (κ3) is 1.90. The van der Waals surface area contributed by atoms with Crippen LogP contribution < -0.4 is 0 Å². The summed E-state index contributed by atoms with van der Waals surface area (Å²) in [5.74, 6) is 0. The Labute approximate surface area is 139 Å². The Morgan fingerprint density at radius 1 is 1.17 bits per heavy atom. The van der Waals surface area contributed by atoms with E-state index in [1.54, 1.807) is 0 Å². The van der Waals surface area contributed by atoms with Crippen LogP contribution in [-0.4, -0.2) is 25.0 Å². The average molecular weight is 317 g/mol. The predicted molar refractivity (Wildman–Crippen MR) is 95.0 cm³/mol. The molecule has 1 saturated carbocycles. The van der Waals surface area contributed by atoms with E-state index in [-0.39, 0.29) is 0 Å². The molecule has 4 aromatic rings. The molecule has 0 unspecified atom stereocenters. The van der Waals surface area contributed by atoms with Crippen LogP contribution >= 0.6 is 0 Å². The van der Waals surface area contributed by atoms with Crippen molar-refractivity contribution in [3.8, 4) is 11.3 Å². The fourth-order valence-corrected chi connectivity index (χ4v) is 3.62. The van der Waals surface area contributed by atoms with E-state index in [1.165, 1.54) is 30.4 Å². The number of fused-ring (bicyclic) bond motifs is 2. The van der Waals surface area contributed by atoms with Gasteiger partial charge in [-0.25, -0.2) is 4.98 Å². The lowest BCUT2D eigenvalue weighted by Crippen LogP contribution is -2.19. The molecule has 1 fully saturated rings. The third-order valence-electron chi connectivity index (χ3n) is 5.12. The van der Waals surface area contributed by atoms with Crippen LogP contribution in [0, 0.1) is 13.8 Å². The van der Waals surface area contributed by atoms with E-state index in [0.717, 1.165) is 33.3 Å². The molecule has 0 radical (unpaired) electrons. The van der Waals surface area contributed by atoms with E-state index in [4.69, 9.17) is 10.1 Å². The van der Waals surface area contributed by atoms with Crippen molar-refractivity contribution in [2.75, 3.05) is 0 Å². The summed E-state index contributed by atoms with van der Waals surface area (Å²) in [7, 11) is 0. The second-order valence-corrected chi connectivity index (χ2v) is 6.83. The number of rotatable bonds is 2. The first-order valence-corrected chi connectivity index (χ1v) is 8.50. The molecular weight excluding hydrogens is 298 g/mol. The van der Waals surface area contributed by atoms with Gasteiger partial charge in [-0.1, -0.05) is 0 Å². The molecular formula is C19H19N5. The van der Waals surface area contributed by atoms with Crippen LogP contribution in [0.1, 0.15) is 36.6 Å². The third-order valence-corrected chi connectivity index (χ3v) is 5.12. The van der Waals surface area contributed by atoms with Gasteiger partial charge in [0.2, 0.25) is 0 Å². The number of aromatic amines is 1. The Morgan fingerprint density at radius 3 is 2.83 bits per heavy atom. The van der Waals surface area contributed by atoms with Gasteiger partial charge in [-0.15, -0.1) is 0 Å². The number of hydrogen-bond donors (Lipinski definition) is 1. The van der Waals surface area contributed by atoms with E-state index >= 15 is 0 Å². The van der Waals surface area contributed by atoms with Gasteiger partial charge in [-0.2, -0.15) is 10.2 Å². The summed E-state index contributed by atoms with van der Waals surface area (Å²) in [6, 6.07) is 9.03. The van der Waals surface area contributed by atoms with Crippen LogP contribution in [0.5, 0.6) is 0 Å². The van der Waals surface area contributed by atoms with Crippen LogP contribution in [0.25, 0.3) is 33.2 Å². The van der Waals surface area contributed by atoms with Gasteiger partial charge in [-0.3, -0.25) is 9.78 Å². The van der Waals surface area contributed by atoms with Crippen molar-refractivity contribution in [3.05, 3.63) is 41.7 Å². The van der Waals surface area contributed by atoms with Crippen LogP contribution in [0.15, 0.2) is 30.5 Å². The highest BCUT2D eigenvalue weighted by Crippen LogP contribution is 2.39. The minimum Gasteiger partial charge on any atom is -0.278 e. The normalized spacial score (nSPS) is 15.2. The Kier molecular flexibility index (Phi) is 2.80. The maximum Gasteiger partial charge on any atom is 0.117 e. The summed E-state index contributed by atoms with van der Waals surface area (Å²) in [6.45, 7) is 4.16. The molecule has 0 amide bonds. The maximum atomic E-state index is 4.88. The molecule has 1 N–H and O–H groups in total. The van der Waals surface area contributed by atoms with Crippen LogP contribution in [0.2, 0.25) is 0 Å². The van der Waals surface area contributed by atoms with Crippen LogP contribution in [0.4, 0.5) is 0 Å². The summed E-state index contributed by atoms with van der Waals surface area (Å²) < 4.78 is 2.21. The first kappa shape index (κ1) is 13.7. The van der Waals surface area contributed by atoms with Crippen LogP contribution in [-0.2, 0) is 0 Å². The quantitative estimate of drug-likeness (QED) is 0.599. The summed E-state index contributed by atoms with van der Waals surface area (Å²) in [6.07, 6.45) is 5.57. The van der Waals surface area contributed by atoms with Crippen molar-refractivity contribution >= 4 is 21.9 Å². The van der Waals surface area contributed by atoms with Crippen molar-refractivity contribution in [1.82, 2.24) is 25.0 Å². The van der Waals surface area contributed by atoms with Gasteiger partial charge in [0.25, 0.3) is 0 Å². The Bertz CT molecular complexity index is 1070. The SMILES string of the molecule is Cc1ccc2nn(C3CCC3)c(-c3cc(C)c4[nH]ncc4c3)c2n1. The second kappa shape index (κ2) is 4.90. The number of benzene rings is 1. The summed E-state index contributed by atoms with van der Waals surface area (Å²) in [4.78, 5) is 4.80. The molecule has 3 heterocycles. The van der Waals surface area contributed by atoms with Gasteiger partial charge in [0.1, 0.15) is 11.0 Å². The molecule has 5 nitrogen and oxygen atoms in total. The standard InChI is InChI=1S/C19H19N5/c1-11-8-13(9-14-10-20-22-17(11)14)19-18-16(7-6-12(2)21-18)23-24(19)15-4-3-5-15/h6-10,15H,3-5H2,1-2H3,(H,20,22). The second-order valence-electron chi connectivity index (χ2n) is 6.83. The first-order valence-electron chi connectivity index (χ1n) is 8.50. The topological polar surface area (TPSA) is 59.4 Å². The van der Waals surface area contributed by atoms with Crippen molar-refractivity contribution in [1.29, 1.82) is 0 Å². The summed E-state index contributed by atoms with van der Waals surface area (Å²) in [5, 5.41) is 13.3. The smallest absolute Gasteiger partial charge is 0.117 e. The van der Waals surface area contributed by atoms with Gasteiger partial charge in [0, 0.05) is 16.6 Å². The van der Waals surface area contributed by atoms with E-state index in [1.807, 2.05) is 19.2 Å². The van der Waals surface area contributed by atoms with E-state index in [0.29, 0.717) is 6.04 Å². The lowest BCUT2D eigenvalue weighted by atomic mass is 9.92. The number of H-pyrrole nitrogens is 1. The minimum absolute atomic E-state index is 0.495. The molecule has 5 heteroatoms. The van der Waals surface area contributed by atoms with E-state index in [2.05, 4.69) is 40.0 Å². The zero-order chi connectivity index (χ0) is 16.3.